The second-order valence-electron chi connectivity index (χ2n) is 5.38. The fraction of sp³-hybridized carbons (Fsp3) is 0.571. The summed E-state index contributed by atoms with van der Waals surface area (Å²) in [5.74, 6) is 0.793. The van der Waals surface area contributed by atoms with Gasteiger partial charge in [0.05, 0.1) is 0 Å². The summed E-state index contributed by atoms with van der Waals surface area (Å²) in [5, 5.41) is 8.97. The second-order valence-corrected chi connectivity index (χ2v) is 5.38. The Morgan fingerprint density at radius 3 is 2.22 bits per heavy atom. The minimum atomic E-state index is -0.981. The Bertz CT molecular complexity index is 393. The molecule has 0 aliphatic heterocycles. The van der Waals surface area contributed by atoms with Crippen molar-refractivity contribution >= 4 is 11.8 Å². The first-order valence-electron chi connectivity index (χ1n) is 6.35. The number of carboxylic acids is 1. The zero-order valence-electron chi connectivity index (χ0n) is 11.6. The van der Waals surface area contributed by atoms with Crippen LogP contribution in [0.5, 0.6) is 0 Å². The lowest BCUT2D eigenvalue weighted by molar-refractivity contribution is 0.0690. The van der Waals surface area contributed by atoms with Crippen molar-refractivity contribution in [2.75, 3.05) is 18.0 Å². The van der Waals surface area contributed by atoms with E-state index in [0.717, 1.165) is 18.9 Å². The smallest absolute Gasteiger partial charge is 0.354 e. The van der Waals surface area contributed by atoms with Gasteiger partial charge in [-0.1, -0.05) is 33.8 Å². The maximum absolute atomic E-state index is 10.9. The maximum atomic E-state index is 10.9. The van der Waals surface area contributed by atoms with Crippen LogP contribution in [0.2, 0.25) is 0 Å². The molecule has 0 saturated carbocycles. The summed E-state index contributed by atoms with van der Waals surface area (Å²) in [6.45, 7) is 10.4. The third-order valence-corrected chi connectivity index (χ3v) is 2.45. The fourth-order valence-corrected chi connectivity index (χ4v) is 1.86. The lowest BCUT2D eigenvalue weighted by Crippen LogP contribution is -2.32. The van der Waals surface area contributed by atoms with Gasteiger partial charge in [-0.15, -0.1) is 0 Å². The predicted octanol–water partition coefficient (Wildman–Crippen LogP) is 2.90. The van der Waals surface area contributed by atoms with Crippen LogP contribution in [0.3, 0.4) is 0 Å². The molecule has 0 saturated heterocycles. The van der Waals surface area contributed by atoms with Crippen molar-refractivity contribution in [3.63, 3.8) is 0 Å². The molecule has 4 nitrogen and oxygen atoms in total. The number of anilines is 1. The molecule has 0 spiro atoms. The first-order chi connectivity index (χ1) is 8.40. The van der Waals surface area contributed by atoms with Crippen molar-refractivity contribution in [1.82, 2.24) is 4.98 Å². The Hall–Kier alpha value is -1.58. The zero-order valence-corrected chi connectivity index (χ0v) is 11.6. The molecule has 4 heteroatoms. The predicted molar refractivity (Wildman–Crippen MR) is 73.1 cm³/mol. The first kappa shape index (κ1) is 14.5. The van der Waals surface area contributed by atoms with Crippen molar-refractivity contribution in [2.24, 2.45) is 11.8 Å². The van der Waals surface area contributed by atoms with Gasteiger partial charge in [-0.25, -0.2) is 9.78 Å². The van der Waals surface area contributed by atoms with Crippen LogP contribution in [0.4, 0.5) is 5.82 Å². The molecule has 1 rings (SSSR count). The van der Waals surface area contributed by atoms with Crippen LogP contribution < -0.4 is 4.90 Å². The van der Waals surface area contributed by atoms with Crippen molar-refractivity contribution in [3.8, 4) is 0 Å². The van der Waals surface area contributed by atoms with E-state index in [0.29, 0.717) is 11.8 Å². The van der Waals surface area contributed by atoms with Gasteiger partial charge in [0.15, 0.2) is 5.69 Å². The minimum absolute atomic E-state index is 0.102. The number of carboxylic acid groups (broad SMARTS) is 1. The van der Waals surface area contributed by atoms with Crippen LogP contribution in [0.25, 0.3) is 0 Å². The molecule has 100 valence electrons. The molecule has 0 aliphatic carbocycles. The Morgan fingerprint density at radius 2 is 1.78 bits per heavy atom. The molecular weight excluding hydrogens is 228 g/mol. The lowest BCUT2D eigenvalue weighted by atomic mass is 10.1. The summed E-state index contributed by atoms with van der Waals surface area (Å²) >= 11 is 0. The van der Waals surface area contributed by atoms with Crippen molar-refractivity contribution in [3.05, 3.63) is 23.9 Å². The third kappa shape index (κ3) is 4.35. The maximum Gasteiger partial charge on any atom is 0.354 e. The van der Waals surface area contributed by atoms with E-state index in [-0.39, 0.29) is 5.69 Å². The normalized spacial score (nSPS) is 11.0. The second kappa shape index (κ2) is 6.38. The van der Waals surface area contributed by atoms with Crippen molar-refractivity contribution in [2.45, 2.75) is 27.7 Å². The third-order valence-electron chi connectivity index (χ3n) is 2.45. The molecule has 0 unspecified atom stereocenters. The van der Waals surface area contributed by atoms with E-state index < -0.39 is 5.97 Å². The number of hydrogen-bond acceptors (Lipinski definition) is 3. The zero-order chi connectivity index (χ0) is 13.7. The Labute approximate surface area is 109 Å². The van der Waals surface area contributed by atoms with Crippen LogP contribution in [0.15, 0.2) is 18.2 Å². The highest BCUT2D eigenvalue weighted by atomic mass is 16.4. The molecule has 1 aromatic heterocycles. The summed E-state index contributed by atoms with van der Waals surface area (Å²) in [7, 11) is 0. The number of rotatable bonds is 6. The van der Waals surface area contributed by atoms with E-state index in [1.54, 1.807) is 6.07 Å². The number of carbonyl (C=O) groups is 1. The van der Waals surface area contributed by atoms with Gasteiger partial charge in [0, 0.05) is 13.1 Å². The monoisotopic (exact) mass is 250 g/mol. The fourth-order valence-electron chi connectivity index (χ4n) is 1.86. The molecule has 0 amide bonds. The number of pyridine rings is 1. The van der Waals surface area contributed by atoms with E-state index >= 15 is 0 Å². The molecule has 1 N–H and O–H groups in total. The van der Waals surface area contributed by atoms with E-state index in [9.17, 15) is 4.79 Å². The van der Waals surface area contributed by atoms with E-state index in [1.165, 1.54) is 6.07 Å². The molecule has 0 fully saturated rings. The largest absolute Gasteiger partial charge is 0.477 e. The minimum Gasteiger partial charge on any atom is -0.477 e. The topological polar surface area (TPSA) is 53.4 Å². The molecule has 0 aromatic carbocycles. The molecule has 0 atom stereocenters. The Balaban J connectivity index is 2.96. The molecule has 0 bridgehead atoms. The summed E-state index contributed by atoms with van der Waals surface area (Å²) in [5.41, 5.74) is 0.102. The van der Waals surface area contributed by atoms with Crippen LogP contribution >= 0.6 is 0 Å². The number of aromatic carboxylic acids is 1. The highest BCUT2D eigenvalue weighted by Crippen LogP contribution is 2.15. The Morgan fingerprint density at radius 1 is 1.22 bits per heavy atom. The summed E-state index contributed by atoms with van der Waals surface area (Å²) < 4.78 is 0. The van der Waals surface area contributed by atoms with E-state index in [4.69, 9.17) is 5.11 Å². The Kier molecular flexibility index (Phi) is 5.13. The van der Waals surface area contributed by atoms with Crippen LogP contribution in [0.1, 0.15) is 38.2 Å². The molecule has 18 heavy (non-hydrogen) atoms. The average Bonchev–Trinajstić information content (AvgIpc) is 2.27. The van der Waals surface area contributed by atoms with Crippen LogP contribution in [-0.4, -0.2) is 29.1 Å². The summed E-state index contributed by atoms with van der Waals surface area (Å²) in [4.78, 5) is 17.3. The van der Waals surface area contributed by atoms with Crippen LogP contribution in [-0.2, 0) is 0 Å². The number of nitrogens with zero attached hydrogens (tertiary/aromatic N) is 2. The molecule has 1 aromatic rings. The number of aromatic nitrogens is 1. The van der Waals surface area contributed by atoms with Gasteiger partial charge < -0.3 is 10.0 Å². The quantitative estimate of drug-likeness (QED) is 0.843. The van der Waals surface area contributed by atoms with Gasteiger partial charge in [-0.05, 0) is 24.0 Å². The van der Waals surface area contributed by atoms with E-state index in [1.807, 2.05) is 6.07 Å². The average molecular weight is 250 g/mol. The summed E-state index contributed by atoms with van der Waals surface area (Å²) in [6, 6.07) is 5.14. The molecular formula is C14H22N2O2. The van der Waals surface area contributed by atoms with E-state index in [2.05, 4.69) is 37.6 Å². The molecule has 0 radical (unpaired) electrons. The van der Waals surface area contributed by atoms with Gasteiger partial charge in [0.2, 0.25) is 0 Å². The lowest BCUT2D eigenvalue weighted by Gasteiger charge is -2.27. The van der Waals surface area contributed by atoms with Gasteiger partial charge >= 0.3 is 5.97 Å². The highest BCUT2D eigenvalue weighted by molar-refractivity contribution is 5.85. The van der Waals surface area contributed by atoms with Gasteiger partial charge in [0.1, 0.15) is 5.82 Å². The number of hydrogen-bond donors (Lipinski definition) is 1. The van der Waals surface area contributed by atoms with Crippen molar-refractivity contribution in [1.29, 1.82) is 0 Å². The molecule has 0 aliphatic rings. The van der Waals surface area contributed by atoms with Gasteiger partial charge in [-0.2, -0.15) is 0 Å². The van der Waals surface area contributed by atoms with Crippen LogP contribution in [0, 0.1) is 11.8 Å². The standard InChI is InChI=1S/C14H22N2O2/c1-10(2)8-16(9-11(3)4)13-7-5-6-12(15-13)14(17)18/h5-7,10-11H,8-9H2,1-4H3,(H,17,18). The summed E-state index contributed by atoms with van der Waals surface area (Å²) in [6.07, 6.45) is 0. The molecule has 1 heterocycles. The SMILES string of the molecule is CC(C)CN(CC(C)C)c1cccc(C(=O)O)n1. The van der Waals surface area contributed by atoms with Crippen molar-refractivity contribution < 1.29 is 9.90 Å². The first-order valence-corrected chi connectivity index (χ1v) is 6.35. The van der Waals surface area contributed by atoms with Gasteiger partial charge in [-0.3, -0.25) is 0 Å². The highest BCUT2D eigenvalue weighted by Gasteiger charge is 2.13. The van der Waals surface area contributed by atoms with Gasteiger partial charge in [0.25, 0.3) is 0 Å².